The maximum atomic E-state index is 13.0. The predicted octanol–water partition coefficient (Wildman–Crippen LogP) is 2.39. The molecule has 1 amide bonds. The number of ether oxygens (including phenoxy) is 1. The molecule has 1 atom stereocenters. The Morgan fingerprint density at radius 3 is 3.04 bits per heavy atom. The molecule has 0 radical (unpaired) electrons. The number of piperidine rings is 1. The van der Waals surface area contributed by atoms with Crippen LogP contribution in [0.2, 0.25) is 5.02 Å². The Morgan fingerprint density at radius 1 is 1.30 bits per heavy atom. The van der Waals surface area contributed by atoms with Crippen molar-refractivity contribution in [2.75, 3.05) is 13.1 Å². The first-order chi connectivity index (χ1) is 13.2. The van der Waals surface area contributed by atoms with Gasteiger partial charge in [0.05, 0.1) is 12.2 Å². The first-order valence-electron chi connectivity index (χ1n) is 8.59. The van der Waals surface area contributed by atoms with Gasteiger partial charge in [-0.05, 0) is 41.5 Å². The minimum absolute atomic E-state index is 0.0425. The highest BCUT2D eigenvalue weighted by Crippen LogP contribution is 2.26. The van der Waals surface area contributed by atoms with Crippen LogP contribution in [-0.4, -0.2) is 55.2 Å². The van der Waals surface area contributed by atoms with E-state index in [1.54, 1.807) is 30.6 Å². The minimum Gasteiger partial charge on any atom is -0.487 e. The van der Waals surface area contributed by atoms with Gasteiger partial charge in [0.1, 0.15) is 23.2 Å². The van der Waals surface area contributed by atoms with Crippen molar-refractivity contribution in [1.82, 2.24) is 30.1 Å². The predicted molar refractivity (Wildman–Crippen MR) is 98.0 cm³/mol. The number of carbonyl (C=O) groups is 1. The molecule has 27 heavy (non-hydrogen) atoms. The van der Waals surface area contributed by atoms with Crippen LogP contribution in [0.1, 0.15) is 23.2 Å². The molecule has 1 unspecified atom stereocenters. The number of pyridine rings is 1. The average molecular weight is 385 g/mol. The Morgan fingerprint density at radius 2 is 2.22 bits per heavy atom. The number of likely N-dealkylation sites (tertiary alicyclic amines) is 1. The molecule has 3 aromatic rings. The van der Waals surface area contributed by atoms with Crippen molar-refractivity contribution in [2.24, 2.45) is 0 Å². The average Bonchev–Trinajstić information content (AvgIpc) is 3.24. The van der Waals surface area contributed by atoms with Crippen LogP contribution in [0.3, 0.4) is 0 Å². The van der Waals surface area contributed by atoms with E-state index in [4.69, 9.17) is 16.3 Å². The highest BCUT2D eigenvalue weighted by atomic mass is 35.5. The van der Waals surface area contributed by atoms with Crippen molar-refractivity contribution < 1.29 is 9.53 Å². The van der Waals surface area contributed by atoms with Crippen molar-refractivity contribution in [3.8, 4) is 11.4 Å². The molecule has 1 aliphatic heterocycles. The second-order valence-electron chi connectivity index (χ2n) is 6.24. The number of carbonyl (C=O) groups excluding carboxylic acids is 1. The summed E-state index contributed by atoms with van der Waals surface area (Å²) in [5.74, 6) is 0.547. The van der Waals surface area contributed by atoms with Crippen LogP contribution in [0.5, 0.6) is 5.75 Å². The van der Waals surface area contributed by atoms with Crippen molar-refractivity contribution in [2.45, 2.75) is 18.9 Å². The zero-order valence-corrected chi connectivity index (χ0v) is 15.2. The number of benzene rings is 1. The van der Waals surface area contributed by atoms with Gasteiger partial charge in [-0.2, -0.15) is 0 Å². The van der Waals surface area contributed by atoms with Gasteiger partial charge in [-0.25, -0.2) is 4.68 Å². The number of aromatic nitrogens is 5. The van der Waals surface area contributed by atoms with Gasteiger partial charge < -0.3 is 9.64 Å². The van der Waals surface area contributed by atoms with E-state index in [9.17, 15) is 4.79 Å². The number of tetrazole rings is 1. The van der Waals surface area contributed by atoms with Gasteiger partial charge in [0.15, 0.2) is 0 Å². The van der Waals surface area contributed by atoms with Crippen molar-refractivity contribution >= 4 is 17.5 Å². The lowest BCUT2D eigenvalue weighted by molar-refractivity contribution is 0.0538. The van der Waals surface area contributed by atoms with Gasteiger partial charge in [-0.15, -0.1) is 5.10 Å². The largest absolute Gasteiger partial charge is 0.487 e. The van der Waals surface area contributed by atoms with Gasteiger partial charge in [0.25, 0.3) is 5.91 Å². The van der Waals surface area contributed by atoms with Gasteiger partial charge in [0.2, 0.25) is 0 Å². The summed E-state index contributed by atoms with van der Waals surface area (Å²) in [5, 5.41) is 11.6. The molecule has 1 saturated heterocycles. The van der Waals surface area contributed by atoms with E-state index in [0.717, 1.165) is 18.5 Å². The molecule has 0 aliphatic carbocycles. The third kappa shape index (κ3) is 3.90. The molecule has 0 bridgehead atoms. The number of rotatable bonds is 4. The molecule has 0 N–H and O–H groups in total. The van der Waals surface area contributed by atoms with E-state index >= 15 is 0 Å². The summed E-state index contributed by atoms with van der Waals surface area (Å²) in [6, 6.07) is 8.97. The summed E-state index contributed by atoms with van der Waals surface area (Å²) in [6.07, 6.45) is 6.31. The van der Waals surface area contributed by atoms with Crippen LogP contribution < -0.4 is 4.74 Å². The van der Waals surface area contributed by atoms with Gasteiger partial charge in [-0.3, -0.25) is 9.78 Å². The van der Waals surface area contributed by atoms with E-state index in [1.807, 2.05) is 17.0 Å². The van der Waals surface area contributed by atoms with Crippen LogP contribution in [0.25, 0.3) is 5.69 Å². The lowest BCUT2D eigenvalue weighted by Crippen LogP contribution is -2.44. The summed E-state index contributed by atoms with van der Waals surface area (Å²) < 4.78 is 7.51. The molecule has 1 aliphatic rings. The normalized spacial score (nSPS) is 16.9. The molecule has 0 spiro atoms. The fourth-order valence-electron chi connectivity index (χ4n) is 3.10. The molecular formula is C18H17ClN6O2. The van der Waals surface area contributed by atoms with E-state index in [1.165, 1.54) is 11.0 Å². The monoisotopic (exact) mass is 384 g/mol. The highest BCUT2D eigenvalue weighted by Gasteiger charge is 2.26. The molecule has 9 heteroatoms. The van der Waals surface area contributed by atoms with Gasteiger partial charge >= 0.3 is 0 Å². The van der Waals surface area contributed by atoms with Crippen molar-refractivity contribution in [3.63, 3.8) is 0 Å². The zero-order valence-electron chi connectivity index (χ0n) is 14.4. The summed E-state index contributed by atoms with van der Waals surface area (Å²) in [6.45, 7) is 1.20. The number of halogens is 1. The van der Waals surface area contributed by atoms with Gasteiger partial charge in [0, 0.05) is 30.6 Å². The molecule has 1 fully saturated rings. The molecular weight excluding hydrogens is 368 g/mol. The smallest absolute Gasteiger partial charge is 0.254 e. The Bertz CT molecular complexity index is 933. The maximum absolute atomic E-state index is 13.0. The lowest BCUT2D eigenvalue weighted by atomic mass is 10.1. The third-order valence-electron chi connectivity index (χ3n) is 4.40. The van der Waals surface area contributed by atoms with Crippen molar-refractivity contribution in [3.05, 3.63) is 59.6 Å². The summed E-state index contributed by atoms with van der Waals surface area (Å²) >= 11 is 6.12. The molecule has 3 heterocycles. The SMILES string of the molecule is O=C(c1cccc(-n2cnnn2)c1)N1CCCC(Oc2ccncc2Cl)C1. The number of amides is 1. The highest BCUT2D eigenvalue weighted by molar-refractivity contribution is 6.31. The maximum Gasteiger partial charge on any atom is 0.254 e. The first kappa shape index (κ1) is 17.4. The fourth-order valence-corrected chi connectivity index (χ4v) is 3.26. The van der Waals surface area contributed by atoms with Crippen molar-refractivity contribution in [1.29, 1.82) is 0 Å². The standard InChI is InChI=1S/C18H17ClN6O2/c19-16-10-20-7-6-17(16)27-15-5-2-8-24(11-15)18(26)13-3-1-4-14(9-13)25-12-21-22-23-25/h1,3-4,6-7,9-10,12,15H,2,5,8,11H2. The van der Waals surface area contributed by atoms with Crippen LogP contribution in [0.4, 0.5) is 0 Å². The first-order valence-corrected chi connectivity index (χ1v) is 8.97. The second-order valence-corrected chi connectivity index (χ2v) is 6.65. The van der Waals surface area contributed by atoms with Crippen LogP contribution in [-0.2, 0) is 0 Å². The number of nitrogens with zero attached hydrogens (tertiary/aromatic N) is 6. The number of hydrogen-bond acceptors (Lipinski definition) is 6. The van der Waals surface area contributed by atoms with Crippen LogP contribution >= 0.6 is 11.6 Å². The summed E-state index contributed by atoms with van der Waals surface area (Å²) in [4.78, 5) is 18.7. The molecule has 0 saturated carbocycles. The molecule has 2 aromatic heterocycles. The van der Waals surface area contributed by atoms with Crippen LogP contribution in [0.15, 0.2) is 49.1 Å². The van der Waals surface area contributed by atoms with Gasteiger partial charge in [-0.1, -0.05) is 17.7 Å². The second kappa shape index (κ2) is 7.71. The lowest BCUT2D eigenvalue weighted by Gasteiger charge is -2.33. The third-order valence-corrected chi connectivity index (χ3v) is 4.68. The Hall–Kier alpha value is -3.00. The Labute approximate surface area is 160 Å². The number of hydrogen-bond donors (Lipinski definition) is 0. The summed E-state index contributed by atoms with van der Waals surface area (Å²) in [7, 11) is 0. The topological polar surface area (TPSA) is 86.0 Å². The molecule has 8 nitrogen and oxygen atoms in total. The molecule has 138 valence electrons. The summed E-state index contributed by atoms with van der Waals surface area (Å²) in [5.41, 5.74) is 1.32. The zero-order chi connectivity index (χ0) is 18.6. The Balaban J connectivity index is 1.47. The minimum atomic E-state index is -0.106. The molecule has 4 rings (SSSR count). The van der Waals surface area contributed by atoms with E-state index in [0.29, 0.717) is 29.4 Å². The van der Waals surface area contributed by atoms with E-state index in [-0.39, 0.29) is 12.0 Å². The Kier molecular flexibility index (Phi) is 4.97. The molecule has 1 aromatic carbocycles. The van der Waals surface area contributed by atoms with Crippen LogP contribution in [0, 0.1) is 0 Å². The fraction of sp³-hybridized carbons (Fsp3) is 0.278. The van der Waals surface area contributed by atoms with E-state index < -0.39 is 0 Å². The van der Waals surface area contributed by atoms with E-state index in [2.05, 4.69) is 20.5 Å². The quantitative estimate of drug-likeness (QED) is 0.686.